The number of methoxy groups -OCH3 is 2. The highest BCUT2D eigenvalue weighted by Gasteiger charge is 2.17. The first kappa shape index (κ1) is 22.7. The third kappa shape index (κ3) is 4.98. The predicted molar refractivity (Wildman–Crippen MR) is 121 cm³/mol. The van der Waals surface area contributed by atoms with E-state index in [0.717, 1.165) is 0 Å². The van der Waals surface area contributed by atoms with E-state index in [-0.39, 0.29) is 24.6 Å². The smallest absolute Gasteiger partial charge is 0.306 e. The quantitative estimate of drug-likeness (QED) is 0.458. The van der Waals surface area contributed by atoms with Gasteiger partial charge in [0.25, 0.3) is 5.56 Å². The number of rotatable bonds is 8. The molecular weight excluding hydrogens is 452 g/mol. The van der Waals surface area contributed by atoms with Gasteiger partial charge in [0, 0.05) is 19.0 Å². The number of nitrogens with zero attached hydrogens (tertiary/aromatic N) is 2. The molecular formula is C23H23ClN2O7. The number of halogens is 1. The fourth-order valence-corrected chi connectivity index (χ4v) is 3.81. The summed E-state index contributed by atoms with van der Waals surface area (Å²) in [7, 11) is 3.02. The van der Waals surface area contributed by atoms with Crippen LogP contribution in [0.15, 0.2) is 35.4 Å². The van der Waals surface area contributed by atoms with E-state index in [4.69, 9.17) is 35.3 Å². The molecule has 0 saturated carbocycles. The lowest BCUT2D eigenvalue weighted by Gasteiger charge is -2.20. The number of hydrogen-bond acceptors (Lipinski definition) is 8. The van der Waals surface area contributed by atoms with E-state index >= 15 is 0 Å². The van der Waals surface area contributed by atoms with Gasteiger partial charge in [-0.2, -0.15) is 0 Å². The Balaban J connectivity index is 1.34. The highest BCUT2D eigenvalue weighted by molar-refractivity contribution is 6.32. The van der Waals surface area contributed by atoms with Gasteiger partial charge >= 0.3 is 5.97 Å². The van der Waals surface area contributed by atoms with Crippen LogP contribution in [0.25, 0.3) is 10.9 Å². The minimum atomic E-state index is -0.380. The number of benzene rings is 2. The minimum Gasteiger partial charge on any atom is -0.493 e. The third-order valence-electron chi connectivity index (χ3n) is 5.17. The summed E-state index contributed by atoms with van der Waals surface area (Å²) in [6.07, 6.45) is 2.02. The van der Waals surface area contributed by atoms with Crippen LogP contribution in [-0.2, 0) is 22.7 Å². The van der Waals surface area contributed by atoms with Crippen molar-refractivity contribution in [2.24, 2.45) is 0 Å². The van der Waals surface area contributed by atoms with Crippen molar-refractivity contribution >= 4 is 28.5 Å². The molecule has 2 heterocycles. The Morgan fingerprint density at radius 1 is 1.12 bits per heavy atom. The molecule has 0 fully saturated rings. The van der Waals surface area contributed by atoms with Crippen LogP contribution in [-0.4, -0.2) is 43.0 Å². The second-order valence-corrected chi connectivity index (χ2v) is 7.74. The number of carbonyl (C=O) groups is 1. The van der Waals surface area contributed by atoms with Crippen LogP contribution in [0.2, 0.25) is 5.02 Å². The minimum absolute atomic E-state index is 0.0638. The topological polar surface area (TPSA) is 98.1 Å². The molecule has 174 valence electrons. The molecule has 1 aliphatic heterocycles. The third-order valence-corrected chi connectivity index (χ3v) is 5.45. The van der Waals surface area contributed by atoms with Crippen LogP contribution in [0.3, 0.4) is 0 Å². The summed E-state index contributed by atoms with van der Waals surface area (Å²) in [6, 6.07) is 6.69. The van der Waals surface area contributed by atoms with Crippen LogP contribution in [0, 0.1) is 0 Å². The molecule has 0 N–H and O–H groups in total. The lowest BCUT2D eigenvalue weighted by molar-refractivity contribution is -0.145. The van der Waals surface area contributed by atoms with Crippen LogP contribution in [0.1, 0.15) is 18.4 Å². The molecule has 0 amide bonds. The molecule has 10 heteroatoms. The fourth-order valence-electron chi connectivity index (χ4n) is 3.52. The Morgan fingerprint density at radius 3 is 2.67 bits per heavy atom. The first-order chi connectivity index (χ1) is 16.0. The Morgan fingerprint density at radius 2 is 1.88 bits per heavy atom. The van der Waals surface area contributed by atoms with Crippen LogP contribution in [0.5, 0.6) is 23.0 Å². The maximum absolute atomic E-state index is 12.8. The van der Waals surface area contributed by atoms with E-state index in [0.29, 0.717) is 70.7 Å². The summed E-state index contributed by atoms with van der Waals surface area (Å²) in [6.45, 7) is 1.27. The zero-order chi connectivity index (χ0) is 23.4. The number of fused-ring (bicyclic) bond motifs is 2. The summed E-state index contributed by atoms with van der Waals surface area (Å²) in [5, 5.41) is 0.823. The first-order valence-electron chi connectivity index (χ1n) is 10.3. The van der Waals surface area contributed by atoms with Gasteiger partial charge in [-0.15, -0.1) is 0 Å². The standard InChI is InChI=1S/C23H23ClN2O7/c1-29-18-10-15-17(11-19(18)30-2)25-13-26(23(15)28)5-3-4-21(27)33-12-14-8-16(24)22-20(9-14)31-6-7-32-22/h8-11,13H,3-7,12H2,1-2H3. The van der Waals surface area contributed by atoms with Gasteiger partial charge in [-0.25, -0.2) is 4.98 Å². The number of aromatic nitrogens is 2. The van der Waals surface area contributed by atoms with Gasteiger partial charge in [-0.05, 0) is 30.2 Å². The van der Waals surface area contributed by atoms with E-state index in [1.807, 2.05) is 0 Å². The molecule has 1 aliphatic rings. The number of ether oxygens (including phenoxy) is 5. The monoisotopic (exact) mass is 474 g/mol. The summed E-state index contributed by atoms with van der Waals surface area (Å²) >= 11 is 6.21. The Hall–Kier alpha value is -3.46. The van der Waals surface area contributed by atoms with Crippen molar-refractivity contribution in [2.75, 3.05) is 27.4 Å². The van der Waals surface area contributed by atoms with Crippen molar-refractivity contribution in [1.29, 1.82) is 0 Å². The molecule has 0 saturated heterocycles. The van der Waals surface area contributed by atoms with Gasteiger partial charge < -0.3 is 23.7 Å². The van der Waals surface area contributed by atoms with Gasteiger partial charge in [0.1, 0.15) is 19.8 Å². The van der Waals surface area contributed by atoms with Crippen molar-refractivity contribution in [1.82, 2.24) is 9.55 Å². The predicted octanol–water partition coefficient (Wildman–Crippen LogP) is 3.36. The second-order valence-electron chi connectivity index (χ2n) is 7.33. The maximum atomic E-state index is 12.8. The van der Waals surface area contributed by atoms with E-state index < -0.39 is 0 Å². The fraction of sp³-hybridized carbons (Fsp3) is 0.348. The molecule has 0 radical (unpaired) electrons. The van der Waals surface area contributed by atoms with E-state index in [9.17, 15) is 9.59 Å². The van der Waals surface area contributed by atoms with Crippen molar-refractivity contribution in [3.05, 3.63) is 51.5 Å². The lowest BCUT2D eigenvalue weighted by Crippen LogP contribution is -2.21. The zero-order valence-corrected chi connectivity index (χ0v) is 19.0. The van der Waals surface area contributed by atoms with E-state index in [1.165, 1.54) is 25.1 Å². The molecule has 9 nitrogen and oxygen atoms in total. The number of carbonyl (C=O) groups excluding carboxylic acids is 1. The first-order valence-corrected chi connectivity index (χ1v) is 10.7. The Kier molecular flexibility index (Phi) is 6.88. The lowest BCUT2D eigenvalue weighted by atomic mass is 10.2. The summed E-state index contributed by atoms with van der Waals surface area (Å²) < 4.78 is 28.3. The molecule has 3 aromatic rings. The number of esters is 1. The van der Waals surface area contributed by atoms with E-state index in [1.54, 1.807) is 24.3 Å². The molecule has 0 atom stereocenters. The molecule has 0 bridgehead atoms. The molecule has 0 unspecified atom stereocenters. The molecule has 0 aliphatic carbocycles. The van der Waals surface area contributed by atoms with Crippen molar-refractivity contribution in [3.63, 3.8) is 0 Å². The van der Waals surface area contributed by atoms with Crippen LogP contribution < -0.4 is 24.5 Å². The number of aryl methyl sites for hydroxylation is 1. The maximum Gasteiger partial charge on any atom is 0.306 e. The highest BCUT2D eigenvalue weighted by Crippen LogP contribution is 2.38. The average Bonchev–Trinajstić information content (AvgIpc) is 2.83. The number of hydrogen-bond donors (Lipinski definition) is 0. The van der Waals surface area contributed by atoms with Gasteiger partial charge in [0.15, 0.2) is 23.0 Å². The van der Waals surface area contributed by atoms with Crippen molar-refractivity contribution in [3.8, 4) is 23.0 Å². The van der Waals surface area contributed by atoms with Gasteiger partial charge in [0.05, 0.1) is 36.5 Å². The SMILES string of the molecule is COc1cc2ncn(CCCC(=O)OCc3cc(Cl)c4c(c3)OCCO4)c(=O)c2cc1OC. The summed E-state index contributed by atoms with van der Waals surface area (Å²) in [5.74, 6) is 1.61. The normalized spacial score (nSPS) is 12.5. The van der Waals surface area contributed by atoms with Gasteiger partial charge in [0.2, 0.25) is 0 Å². The van der Waals surface area contributed by atoms with Gasteiger partial charge in [-0.3, -0.25) is 14.2 Å². The van der Waals surface area contributed by atoms with E-state index in [2.05, 4.69) is 4.98 Å². The molecule has 1 aromatic heterocycles. The van der Waals surface area contributed by atoms with Crippen LogP contribution >= 0.6 is 11.6 Å². The van der Waals surface area contributed by atoms with Crippen molar-refractivity contribution < 1.29 is 28.5 Å². The average molecular weight is 475 g/mol. The highest BCUT2D eigenvalue weighted by atomic mass is 35.5. The molecule has 2 aromatic carbocycles. The largest absolute Gasteiger partial charge is 0.493 e. The van der Waals surface area contributed by atoms with Crippen molar-refractivity contribution in [2.45, 2.75) is 26.0 Å². The van der Waals surface area contributed by atoms with Crippen LogP contribution in [0.4, 0.5) is 0 Å². The molecule has 4 rings (SSSR count). The van der Waals surface area contributed by atoms with Gasteiger partial charge in [-0.1, -0.05) is 11.6 Å². The Labute approximate surface area is 194 Å². The molecule has 33 heavy (non-hydrogen) atoms. The molecule has 0 spiro atoms. The second kappa shape index (κ2) is 9.99. The summed E-state index contributed by atoms with van der Waals surface area (Å²) in [4.78, 5) is 29.3. The zero-order valence-electron chi connectivity index (χ0n) is 18.3. The Bertz CT molecular complexity index is 1240. The summed E-state index contributed by atoms with van der Waals surface area (Å²) in [5.41, 5.74) is 0.989.